The predicted molar refractivity (Wildman–Crippen MR) is 75.2 cm³/mol. The lowest BCUT2D eigenvalue weighted by atomic mass is 9.92. The number of aromatic nitrogens is 1. The van der Waals surface area contributed by atoms with Crippen LogP contribution in [0.3, 0.4) is 0 Å². The molecule has 0 aliphatic carbocycles. The van der Waals surface area contributed by atoms with Crippen LogP contribution in [0.5, 0.6) is 0 Å². The molecule has 100 valence electrons. The van der Waals surface area contributed by atoms with Crippen LogP contribution in [-0.2, 0) is 0 Å². The van der Waals surface area contributed by atoms with Crippen LogP contribution in [0.2, 0.25) is 5.15 Å². The molecule has 0 unspecified atom stereocenters. The van der Waals surface area contributed by atoms with Crippen molar-refractivity contribution >= 4 is 23.3 Å². The van der Waals surface area contributed by atoms with Crippen LogP contribution in [-0.4, -0.2) is 24.5 Å². The third-order valence-corrected chi connectivity index (χ3v) is 2.67. The minimum Gasteiger partial charge on any atom is -0.373 e. The van der Waals surface area contributed by atoms with E-state index in [1.54, 1.807) is 19.2 Å². The van der Waals surface area contributed by atoms with Crippen LogP contribution >= 0.6 is 11.6 Å². The second-order valence-electron chi connectivity index (χ2n) is 5.38. The fourth-order valence-electron chi connectivity index (χ4n) is 1.41. The van der Waals surface area contributed by atoms with Gasteiger partial charge in [0.25, 0.3) is 5.91 Å². The molecule has 1 heterocycles. The summed E-state index contributed by atoms with van der Waals surface area (Å²) in [5.41, 5.74) is 0.729. The van der Waals surface area contributed by atoms with Gasteiger partial charge in [-0.25, -0.2) is 4.98 Å². The van der Waals surface area contributed by atoms with E-state index in [9.17, 15) is 4.79 Å². The summed E-state index contributed by atoms with van der Waals surface area (Å²) >= 11 is 5.85. The Hall–Kier alpha value is -1.29. The summed E-state index contributed by atoms with van der Waals surface area (Å²) in [6.45, 7) is 7.07. The van der Waals surface area contributed by atoms with Crippen molar-refractivity contribution in [3.05, 3.63) is 22.8 Å². The van der Waals surface area contributed by atoms with Crippen molar-refractivity contribution in [3.63, 3.8) is 0 Å². The van der Waals surface area contributed by atoms with Gasteiger partial charge in [-0.05, 0) is 24.0 Å². The molecule has 5 heteroatoms. The number of rotatable bonds is 4. The van der Waals surface area contributed by atoms with Crippen molar-refractivity contribution < 1.29 is 4.79 Å². The molecule has 1 aromatic rings. The number of carbonyl (C=O) groups is 1. The first kappa shape index (κ1) is 14.8. The quantitative estimate of drug-likeness (QED) is 0.827. The number of anilines is 1. The zero-order valence-electron chi connectivity index (χ0n) is 11.3. The highest BCUT2D eigenvalue weighted by molar-refractivity contribution is 6.29. The van der Waals surface area contributed by atoms with E-state index in [0.717, 1.165) is 6.42 Å². The Morgan fingerprint density at radius 1 is 1.39 bits per heavy atom. The summed E-state index contributed by atoms with van der Waals surface area (Å²) in [6, 6.07) is 3.24. The van der Waals surface area contributed by atoms with E-state index in [0.29, 0.717) is 23.1 Å². The van der Waals surface area contributed by atoms with E-state index in [1.807, 2.05) is 0 Å². The van der Waals surface area contributed by atoms with Crippen LogP contribution in [0.25, 0.3) is 0 Å². The molecule has 0 fully saturated rings. The Morgan fingerprint density at radius 3 is 2.61 bits per heavy atom. The fourth-order valence-corrected chi connectivity index (χ4v) is 1.62. The molecule has 1 amide bonds. The first-order valence-electron chi connectivity index (χ1n) is 5.95. The van der Waals surface area contributed by atoms with E-state index < -0.39 is 0 Å². The van der Waals surface area contributed by atoms with Gasteiger partial charge in [-0.1, -0.05) is 32.4 Å². The molecule has 0 aliphatic rings. The van der Waals surface area contributed by atoms with E-state index in [2.05, 4.69) is 36.4 Å². The summed E-state index contributed by atoms with van der Waals surface area (Å²) in [7, 11) is 1.74. The monoisotopic (exact) mass is 269 g/mol. The molecule has 0 saturated heterocycles. The molecule has 0 spiro atoms. The van der Waals surface area contributed by atoms with Crippen molar-refractivity contribution in [1.29, 1.82) is 0 Å². The van der Waals surface area contributed by atoms with E-state index in [-0.39, 0.29) is 11.3 Å². The summed E-state index contributed by atoms with van der Waals surface area (Å²) in [4.78, 5) is 16.0. The van der Waals surface area contributed by atoms with Gasteiger partial charge < -0.3 is 10.6 Å². The van der Waals surface area contributed by atoms with Gasteiger partial charge in [0.2, 0.25) is 0 Å². The second kappa shape index (κ2) is 6.05. The molecule has 1 aromatic heterocycles. The lowest BCUT2D eigenvalue weighted by Crippen LogP contribution is -2.27. The van der Waals surface area contributed by atoms with Crippen molar-refractivity contribution in [1.82, 2.24) is 10.3 Å². The largest absolute Gasteiger partial charge is 0.373 e. The van der Waals surface area contributed by atoms with Gasteiger partial charge in [0, 0.05) is 19.2 Å². The van der Waals surface area contributed by atoms with E-state index in [4.69, 9.17) is 11.6 Å². The molecular formula is C13H20ClN3O. The first-order chi connectivity index (χ1) is 8.31. The Bertz CT molecular complexity index is 427. The molecule has 0 radical (unpaired) electrons. The number of hydrogen-bond acceptors (Lipinski definition) is 3. The van der Waals surface area contributed by atoms with Gasteiger partial charge in [-0.2, -0.15) is 0 Å². The fraction of sp³-hybridized carbons (Fsp3) is 0.538. The zero-order valence-corrected chi connectivity index (χ0v) is 12.1. The highest BCUT2D eigenvalue weighted by atomic mass is 35.5. The van der Waals surface area contributed by atoms with Gasteiger partial charge >= 0.3 is 0 Å². The normalized spacial score (nSPS) is 11.2. The van der Waals surface area contributed by atoms with E-state index in [1.165, 1.54) is 0 Å². The third kappa shape index (κ3) is 4.92. The number of carbonyl (C=O) groups excluding carboxylic acids is 1. The number of halogens is 1. The molecule has 0 aromatic carbocycles. The summed E-state index contributed by atoms with van der Waals surface area (Å²) in [5, 5.41) is 6.06. The minimum atomic E-state index is -0.125. The van der Waals surface area contributed by atoms with Gasteiger partial charge in [0.1, 0.15) is 11.0 Å². The number of nitrogens with one attached hydrogen (secondary N) is 2. The van der Waals surface area contributed by atoms with E-state index >= 15 is 0 Å². The Kier molecular flexibility index (Phi) is 4.96. The molecule has 18 heavy (non-hydrogen) atoms. The summed E-state index contributed by atoms with van der Waals surface area (Å²) in [5.74, 6) is 0.462. The van der Waals surface area contributed by atoms with Crippen molar-refractivity contribution in [2.24, 2.45) is 5.41 Å². The molecule has 1 rings (SSSR count). The molecular weight excluding hydrogens is 250 g/mol. The van der Waals surface area contributed by atoms with Crippen LogP contribution in [0.1, 0.15) is 37.6 Å². The average Bonchev–Trinajstić information content (AvgIpc) is 2.26. The average molecular weight is 270 g/mol. The molecule has 0 saturated carbocycles. The number of pyridine rings is 1. The van der Waals surface area contributed by atoms with Gasteiger partial charge in [-0.15, -0.1) is 0 Å². The molecule has 0 aliphatic heterocycles. The molecule has 0 atom stereocenters. The standard InChI is InChI=1S/C13H20ClN3O/c1-13(2,3)5-6-16-12(18)9-7-10(14)17-11(8-9)15-4/h7-8H,5-6H2,1-4H3,(H,15,17)(H,16,18). The number of amides is 1. The van der Waals surface area contributed by atoms with Crippen molar-refractivity contribution in [2.45, 2.75) is 27.2 Å². The van der Waals surface area contributed by atoms with Crippen molar-refractivity contribution in [2.75, 3.05) is 18.9 Å². The lowest BCUT2D eigenvalue weighted by Gasteiger charge is -2.18. The zero-order chi connectivity index (χ0) is 13.8. The van der Waals surface area contributed by atoms with Crippen LogP contribution in [0.4, 0.5) is 5.82 Å². The van der Waals surface area contributed by atoms with Gasteiger partial charge in [0.15, 0.2) is 0 Å². The van der Waals surface area contributed by atoms with Crippen LogP contribution < -0.4 is 10.6 Å². The molecule has 4 nitrogen and oxygen atoms in total. The SMILES string of the molecule is CNc1cc(C(=O)NCCC(C)(C)C)cc(Cl)n1. The Labute approximate surface area is 113 Å². The molecule has 2 N–H and O–H groups in total. The highest BCUT2D eigenvalue weighted by Crippen LogP contribution is 2.17. The summed E-state index contributed by atoms with van der Waals surface area (Å²) in [6.07, 6.45) is 0.927. The number of hydrogen-bond donors (Lipinski definition) is 2. The maximum Gasteiger partial charge on any atom is 0.251 e. The predicted octanol–water partition coefficient (Wildman–Crippen LogP) is 2.94. The van der Waals surface area contributed by atoms with Gasteiger partial charge in [0.05, 0.1) is 0 Å². The van der Waals surface area contributed by atoms with Gasteiger partial charge in [-0.3, -0.25) is 4.79 Å². The highest BCUT2D eigenvalue weighted by Gasteiger charge is 2.12. The Balaban J connectivity index is 2.64. The first-order valence-corrected chi connectivity index (χ1v) is 6.33. The maximum atomic E-state index is 11.9. The van der Waals surface area contributed by atoms with Crippen molar-refractivity contribution in [3.8, 4) is 0 Å². The molecule has 0 bridgehead atoms. The van der Waals surface area contributed by atoms with Crippen LogP contribution in [0, 0.1) is 5.41 Å². The lowest BCUT2D eigenvalue weighted by molar-refractivity contribution is 0.0949. The Morgan fingerprint density at radius 2 is 2.06 bits per heavy atom. The third-order valence-electron chi connectivity index (χ3n) is 2.47. The topological polar surface area (TPSA) is 54.0 Å². The maximum absolute atomic E-state index is 11.9. The second-order valence-corrected chi connectivity index (χ2v) is 5.77. The van der Waals surface area contributed by atoms with Crippen LogP contribution in [0.15, 0.2) is 12.1 Å². The minimum absolute atomic E-state index is 0.125. The smallest absolute Gasteiger partial charge is 0.251 e. The summed E-state index contributed by atoms with van der Waals surface area (Å²) < 4.78 is 0. The number of nitrogens with zero attached hydrogens (tertiary/aromatic N) is 1.